The molecule has 2 unspecified atom stereocenters. The summed E-state index contributed by atoms with van der Waals surface area (Å²) in [5, 5.41) is 9.43. The maximum atomic E-state index is 13.9. The van der Waals surface area contributed by atoms with Crippen LogP contribution in [0.25, 0.3) is 0 Å². The molecule has 1 fully saturated rings. The van der Waals surface area contributed by atoms with E-state index in [0.717, 1.165) is 30.1 Å². The molecule has 2 heterocycles. The number of hydrogen-bond donors (Lipinski definition) is 3. The van der Waals surface area contributed by atoms with Gasteiger partial charge in [-0.15, -0.1) is 0 Å². The number of para-hydroxylation sites is 2. The normalized spacial score (nSPS) is 20.4. The molecule has 8 nitrogen and oxygen atoms in total. The molecule has 0 saturated carbocycles. The van der Waals surface area contributed by atoms with E-state index >= 15 is 0 Å². The first-order valence-electron chi connectivity index (χ1n) is 11.4. The van der Waals surface area contributed by atoms with E-state index in [-0.39, 0.29) is 23.3 Å². The molecule has 2 aliphatic rings. The Balaban J connectivity index is 1.67. The van der Waals surface area contributed by atoms with Crippen LogP contribution in [0.2, 0.25) is 5.02 Å². The summed E-state index contributed by atoms with van der Waals surface area (Å²) in [6.45, 7) is 4.73. The van der Waals surface area contributed by atoms with Crippen molar-refractivity contribution in [2.45, 2.75) is 56.5 Å². The molecular weight excluding hydrogens is 476 g/mol. The van der Waals surface area contributed by atoms with Crippen molar-refractivity contribution in [3.63, 3.8) is 0 Å². The van der Waals surface area contributed by atoms with E-state index < -0.39 is 22.0 Å². The molecule has 2 amide bonds. The Labute approximate surface area is 205 Å². The number of piperidine rings is 1. The van der Waals surface area contributed by atoms with Crippen LogP contribution in [0.5, 0.6) is 0 Å². The first-order chi connectivity index (χ1) is 16.2. The number of hydrogen-bond acceptors (Lipinski definition) is 5. The Morgan fingerprint density at radius 1 is 1.18 bits per heavy atom. The van der Waals surface area contributed by atoms with Crippen molar-refractivity contribution < 1.29 is 18.0 Å². The van der Waals surface area contributed by atoms with E-state index in [0.29, 0.717) is 34.1 Å². The number of halogens is 1. The van der Waals surface area contributed by atoms with Gasteiger partial charge in [-0.1, -0.05) is 30.2 Å². The van der Waals surface area contributed by atoms with Gasteiger partial charge in [-0.3, -0.25) is 13.9 Å². The number of nitrogens with zero attached hydrogens (tertiary/aromatic N) is 1. The van der Waals surface area contributed by atoms with Crippen molar-refractivity contribution in [1.29, 1.82) is 0 Å². The molecule has 4 rings (SSSR count). The van der Waals surface area contributed by atoms with Crippen molar-refractivity contribution in [1.82, 2.24) is 10.6 Å². The van der Waals surface area contributed by atoms with E-state index in [9.17, 15) is 18.0 Å². The zero-order valence-corrected chi connectivity index (χ0v) is 20.8. The third-order valence-corrected chi connectivity index (χ3v) is 8.69. The standard InChI is InChI=1S/C24H29ClN4O4S/c1-15-12-22(16(2)11-18(15)25)34(32,33)29-20-9-4-3-8-19(20)28-24(31)21(29)13-23(30)27-14-17-7-5-6-10-26-17/h3-4,8-9,11-12,17,21,26H,5-7,10,13-14H2,1-2H3,(H,27,30)(H,28,31). The lowest BCUT2D eigenvalue weighted by molar-refractivity contribution is -0.125. The van der Waals surface area contributed by atoms with Crippen molar-refractivity contribution in [3.05, 3.63) is 52.5 Å². The molecule has 182 valence electrons. The summed E-state index contributed by atoms with van der Waals surface area (Å²) >= 11 is 6.19. The fourth-order valence-electron chi connectivity index (χ4n) is 4.46. The van der Waals surface area contributed by atoms with Crippen LogP contribution < -0.4 is 20.3 Å². The van der Waals surface area contributed by atoms with Crippen molar-refractivity contribution in [2.75, 3.05) is 22.7 Å². The molecule has 34 heavy (non-hydrogen) atoms. The number of anilines is 2. The lowest BCUT2D eigenvalue weighted by Crippen LogP contribution is -2.53. The second-order valence-electron chi connectivity index (χ2n) is 8.84. The van der Waals surface area contributed by atoms with Gasteiger partial charge in [0.2, 0.25) is 11.8 Å². The highest BCUT2D eigenvalue weighted by atomic mass is 35.5. The van der Waals surface area contributed by atoms with Crippen LogP contribution in [-0.4, -0.2) is 45.4 Å². The molecule has 2 aliphatic heterocycles. The average molecular weight is 505 g/mol. The van der Waals surface area contributed by atoms with Gasteiger partial charge < -0.3 is 16.0 Å². The highest BCUT2D eigenvalue weighted by Crippen LogP contribution is 2.38. The molecule has 2 atom stereocenters. The molecule has 3 N–H and O–H groups in total. The van der Waals surface area contributed by atoms with E-state index in [1.54, 1.807) is 44.2 Å². The highest BCUT2D eigenvalue weighted by Gasteiger charge is 2.42. The van der Waals surface area contributed by atoms with E-state index in [4.69, 9.17) is 11.6 Å². The van der Waals surface area contributed by atoms with Crippen LogP contribution in [-0.2, 0) is 19.6 Å². The number of sulfonamides is 1. The van der Waals surface area contributed by atoms with Gasteiger partial charge in [0, 0.05) is 17.6 Å². The maximum Gasteiger partial charge on any atom is 0.265 e. The van der Waals surface area contributed by atoms with Crippen molar-refractivity contribution in [3.8, 4) is 0 Å². The smallest absolute Gasteiger partial charge is 0.265 e. The number of rotatable bonds is 6. The van der Waals surface area contributed by atoms with Gasteiger partial charge in [0.1, 0.15) is 6.04 Å². The molecule has 2 aromatic carbocycles. The number of benzene rings is 2. The van der Waals surface area contributed by atoms with Gasteiger partial charge in [-0.2, -0.15) is 0 Å². The van der Waals surface area contributed by atoms with Crippen LogP contribution in [0.3, 0.4) is 0 Å². The lowest BCUT2D eigenvalue weighted by Gasteiger charge is -2.37. The minimum Gasteiger partial charge on any atom is -0.354 e. The second kappa shape index (κ2) is 9.93. The van der Waals surface area contributed by atoms with Crippen LogP contribution >= 0.6 is 11.6 Å². The molecule has 1 saturated heterocycles. The Hall–Kier alpha value is -2.62. The number of nitrogens with one attached hydrogen (secondary N) is 3. The average Bonchev–Trinajstić information content (AvgIpc) is 2.81. The zero-order chi connectivity index (χ0) is 24.5. The van der Waals surface area contributed by atoms with Gasteiger partial charge in [-0.05, 0) is 68.6 Å². The minimum absolute atomic E-state index is 0.0516. The largest absolute Gasteiger partial charge is 0.354 e. The molecule has 2 aromatic rings. The lowest BCUT2D eigenvalue weighted by atomic mass is 10.0. The minimum atomic E-state index is -4.19. The summed E-state index contributed by atoms with van der Waals surface area (Å²) in [6.07, 6.45) is 2.88. The third kappa shape index (κ3) is 4.92. The van der Waals surface area contributed by atoms with Gasteiger partial charge in [-0.25, -0.2) is 8.42 Å². The van der Waals surface area contributed by atoms with Gasteiger partial charge in [0.05, 0.1) is 22.7 Å². The van der Waals surface area contributed by atoms with E-state index in [1.807, 2.05) is 0 Å². The molecule has 0 aromatic heterocycles. The molecule has 0 radical (unpaired) electrons. The Morgan fingerprint density at radius 3 is 2.68 bits per heavy atom. The molecule has 10 heteroatoms. The first-order valence-corrected chi connectivity index (χ1v) is 13.2. The third-order valence-electron chi connectivity index (χ3n) is 6.31. The van der Waals surface area contributed by atoms with Crippen molar-refractivity contribution in [2.24, 2.45) is 0 Å². The van der Waals surface area contributed by atoms with Crippen LogP contribution in [0.4, 0.5) is 11.4 Å². The number of aryl methyl sites for hydroxylation is 2. The molecule has 0 bridgehead atoms. The van der Waals surface area contributed by atoms with E-state index in [2.05, 4.69) is 16.0 Å². The maximum absolute atomic E-state index is 13.9. The van der Waals surface area contributed by atoms with Gasteiger partial charge >= 0.3 is 0 Å². The van der Waals surface area contributed by atoms with Gasteiger partial charge in [0.25, 0.3) is 10.0 Å². The fraction of sp³-hybridized carbons (Fsp3) is 0.417. The van der Waals surface area contributed by atoms with Crippen molar-refractivity contribution >= 4 is 44.8 Å². The van der Waals surface area contributed by atoms with Gasteiger partial charge in [0.15, 0.2) is 0 Å². The van der Waals surface area contributed by atoms with Crippen LogP contribution in [0.15, 0.2) is 41.3 Å². The van der Waals surface area contributed by atoms with Crippen LogP contribution in [0.1, 0.15) is 36.8 Å². The Bertz CT molecular complexity index is 1210. The van der Waals surface area contributed by atoms with E-state index in [1.165, 1.54) is 6.07 Å². The summed E-state index contributed by atoms with van der Waals surface area (Å²) in [7, 11) is -4.19. The first kappa shape index (κ1) is 24.5. The molecular formula is C24H29ClN4O4S. The number of amides is 2. The predicted molar refractivity (Wildman–Crippen MR) is 133 cm³/mol. The SMILES string of the molecule is Cc1cc(S(=O)(=O)N2c3ccccc3NC(=O)C2CC(=O)NCC2CCCCN2)c(C)cc1Cl. The molecule has 0 spiro atoms. The summed E-state index contributed by atoms with van der Waals surface area (Å²) in [5.74, 6) is -0.923. The summed E-state index contributed by atoms with van der Waals surface area (Å²) in [6, 6.07) is 8.73. The topological polar surface area (TPSA) is 108 Å². The summed E-state index contributed by atoms with van der Waals surface area (Å²) < 4.78 is 29.0. The highest BCUT2D eigenvalue weighted by molar-refractivity contribution is 7.93. The van der Waals surface area contributed by atoms with Crippen LogP contribution in [0, 0.1) is 13.8 Å². The molecule has 0 aliphatic carbocycles. The Morgan fingerprint density at radius 2 is 1.94 bits per heavy atom. The summed E-state index contributed by atoms with van der Waals surface area (Å²) in [5.41, 5.74) is 1.77. The quantitative estimate of drug-likeness (QED) is 0.560. The number of fused-ring (bicyclic) bond motifs is 1. The predicted octanol–water partition coefficient (Wildman–Crippen LogP) is 3.12. The zero-order valence-electron chi connectivity index (χ0n) is 19.2. The second-order valence-corrected chi connectivity index (χ2v) is 11.0. The monoisotopic (exact) mass is 504 g/mol. The number of carbonyl (C=O) groups excluding carboxylic acids is 2. The summed E-state index contributed by atoms with van der Waals surface area (Å²) in [4.78, 5) is 25.9. The number of carbonyl (C=O) groups is 2. The Kier molecular flexibility index (Phi) is 7.16. The fourth-order valence-corrected chi connectivity index (χ4v) is 6.60.